The third-order valence-corrected chi connectivity index (χ3v) is 2.06. The molecule has 4 heteroatoms. The number of carbonyl (C=O) groups excluding carboxylic acids is 1. The minimum absolute atomic E-state index is 0.292. The summed E-state index contributed by atoms with van der Waals surface area (Å²) in [5.41, 5.74) is 3.38. The van der Waals surface area contributed by atoms with E-state index in [0.717, 1.165) is 0 Å². The predicted octanol–water partition coefficient (Wildman–Crippen LogP) is 1.72. The SMILES string of the molecule is C[Si](C)(C)C#Cc1nc(C=O)co1. The van der Waals surface area contributed by atoms with Crippen LogP contribution in [-0.2, 0) is 0 Å². The molecule has 0 spiro atoms. The summed E-state index contributed by atoms with van der Waals surface area (Å²) in [7, 11) is -1.39. The van der Waals surface area contributed by atoms with Gasteiger partial charge in [-0.1, -0.05) is 19.6 Å². The number of nitrogens with zero attached hydrogens (tertiary/aromatic N) is 1. The van der Waals surface area contributed by atoms with Crippen molar-refractivity contribution in [3.8, 4) is 11.5 Å². The van der Waals surface area contributed by atoms with Crippen molar-refractivity contribution in [2.75, 3.05) is 0 Å². The summed E-state index contributed by atoms with van der Waals surface area (Å²) < 4.78 is 4.96. The molecule has 1 aromatic heterocycles. The van der Waals surface area contributed by atoms with Gasteiger partial charge in [-0.05, 0) is 5.92 Å². The third kappa shape index (κ3) is 3.26. The number of hydrogen-bond acceptors (Lipinski definition) is 3. The lowest BCUT2D eigenvalue weighted by molar-refractivity contribution is 0.111. The highest BCUT2D eigenvalue weighted by atomic mass is 28.3. The van der Waals surface area contributed by atoms with E-state index in [1.807, 2.05) is 0 Å². The summed E-state index contributed by atoms with van der Waals surface area (Å²) >= 11 is 0. The van der Waals surface area contributed by atoms with Crippen molar-refractivity contribution in [2.45, 2.75) is 19.6 Å². The van der Waals surface area contributed by atoms with Gasteiger partial charge in [0.25, 0.3) is 5.89 Å². The summed E-state index contributed by atoms with van der Waals surface area (Å²) in [5, 5.41) is 0. The van der Waals surface area contributed by atoms with Crippen molar-refractivity contribution < 1.29 is 9.21 Å². The number of hydrogen-bond donors (Lipinski definition) is 0. The van der Waals surface area contributed by atoms with Gasteiger partial charge in [-0.3, -0.25) is 4.79 Å². The first kappa shape index (κ1) is 9.74. The van der Waals surface area contributed by atoms with Crippen LogP contribution in [0, 0.1) is 11.5 Å². The molecule has 3 nitrogen and oxygen atoms in total. The molecule has 0 bridgehead atoms. The second-order valence-electron chi connectivity index (χ2n) is 3.70. The number of oxazole rings is 1. The highest BCUT2D eigenvalue weighted by Crippen LogP contribution is 2.00. The molecule has 0 saturated carbocycles. The molecule has 0 aromatic carbocycles. The maximum atomic E-state index is 10.3. The maximum absolute atomic E-state index is 10.3. The second-order valence-corrected chi connectivity index (χ2v) is 8.45. The van der Waals surface area contributed by atoms with E-state index in [2.05, 4.69) is 36.1 Å². The summed E-state index contributed by atoms with van der Waals surface area (Å²) in [6.07, 6.45) is 1.95. The van der Waals surface area contributed by atoms with Gasteiger partial charge in [0.05, 0.1) is 0 Å². The molecule has 0 atom stereocenters. The van der Waals surface area contributed by atoms with Crippen LogP contribution in [0.5, 0.6) is 0 Å². The lowest BCUT2D eigenvalue weighted by Crippen LogP contribution is -2.16. The molecule has 1 aromatic rings. The Morgan fingerprint density at radius 2 is 2.23 bits per heavy atom. The van der Waals surface area contributed by atoms with Crippen molar-refractivity contribution in [1.82, 2.24) is 4.98 Å². The summed E-state index contributed by atoms with van der Waals surface area (Å²) in [6, 6.07) is 0. The minimum Gasteiger partial charge on any atom is -0.438 e. The Balaban J connectivity index is 2.84. The van der Waals surface area contributed by atoms with Gasteiger partial charge in [0.1, 0.15) is 20.0 Å². The first-order valence-electron chi connectivity index (χ1n) is 3.95. The van der Waals surface area contributed by atoms with Gasteiger partial charge >= 0.3 is 0 Å². The van der Waals surface area contributed by atoms with Crippen LogP contribution in [0.3, 0.4) is 0 Å². The number of aromatic nitrogens is 1. The highest BCUT2D eigenvalue weighted by Gasteiger charge is 2.08. The molecule has 0 saturated heterocycles. The average Bonchev–Trinajstić information content (AvgIpc) is 2.47. The second kappa shape index (κ2) is 3.58. The van der Waals surface area contributed by atoms with Gasteiger partial charge in [-0.15, -0.1) is 5.54 Å². The van der Waals surface area contributed by atoms with Gasteiger partial charge in [-0.25, -0.2) is 0 Å². The quantitative estimate of drug-likeness (QED) is 0.387. The number of aldehydes is 1. The average molecular weight is 193 g/mol. The first-order chi connectivity index (χ1) is 6.01. The standard InChI is InChI=1S/C9H11NO2Si/c1-13(2,3)5-4-9-10-8(6-11)7-12-9/h6-7H,1-3H3. The Kier molecular flexibility index (Phi) is 2.68. The Morgan fingerprint density at radius 3 is 2.69 bits per heavy atom. The van der Waals surface area contributed by atoms with Gasteiger partial charge in [0, 0.05) is 0 Å². The zero-order chi connectivity index (χ0) is 9.90. The van der Waals surface area contributed by atoms with Crippen molar-refractivity contribution in [1.29, 1.82) is 0 Å². The molecule has 1 rings (SSSR count). The monoisotopic (exact) mass is 193 g/mol. The fraction of sp³-hybridized carbons (Fsp3) is 0.333. The predicted molar refractivity (Wildman–Crippen MR) is 52.1 cm³/mol. The molecule has 0 radical (unpaired) electrons. The summed E-state index contributed by atoms with van der Waals surface area (Å²) in [4.78, 5) is 14.1. The molecule has 1 heterocycles. The first-order valence-corrected chi connectivity index (χ1v) is 7.45. The van der Waals surface area contributed by atoms with Gasteiger partial charge < -0.3 is 4.42 Å². The fourth-order valence-corrected chi connectivity index (χ4v) is 1.12. The third-order valence-electron chi connectivity index (χ3n) is 1.19. The molecule has 0 aliphatic rings. The van der Waals surface area contributed by atoms with Crippen molar-refractivity contribution in [3.63, 3.8) is 0 Å². The van der Waals surface area contributed by atoms with E-state index in [4.69, 9.17) is 4.42 Å². The lowest BCUT2D eigenvalue weighted by atomic mass is 10.5. The molecule has 0 amide bonds. The van der Waals surface area contributed by atoms with Crippen LogP contribution in [0.25, 0.3) is 0 Å². The minimum atomic E-state index is -1.39. The van der Waals surface area contributed by atoms with E-state index in [-0.39, 0.29) is 0 Å². The van der Waals surface area contributed by atoms with E-state index in [1.165, 1.54) is 6.26 Å². The smallest absolute Gasteiger partial charge is 0.273 e. The van der Waals surface area contributed by atoms with Crippen molar-refractivity contribution >= 4 is 14.4 Å². The zero-order valence-electron chi connectivity index (χ0n) is 7.92. The topological polar surface area (TPSA) is 43.1 Å². The maximum Gasteiger partial charge on any atom is 0.273 e. The van der Waals surface area contributed by atoms with Crippen LogP contribution < -0.4 is 0 Å². The summed E-state index contributed by atoms with van der Waals surface area (Å²) in [5.74, 6) is 3.14. The van der Waals surface area contributed by atoms with Gasteiger partial charge in [0.2, 0.25) is 0 Å². The lowest BCUT2D eigenvalue weighted by Gasteiger charge is -2.01. The van der Waals surface area contributed by atoms with Crippen molar-refractivity contribution in [3.05, 3.63) is 17.8 Å². The molecule has 0 fully saturated rings. The van der Waals surface area contributed by atoms with Crippen molar-refractivity contribution in [2.24, 2.45) is 0 Å². The Hall–Kier alpha value is -1.34. The van der Waals surface area contributed by atoms with Crippen LogP contribution in [0.4, 0.5) is 0 Å². The fourth-order valence-electron chi connectivity index (χ4n) is 0.639. The molecule has 0 aliphatic carbocycles. The normalized spacial score (nSPS) is 10.4. The Bertz CT molecular complexity index is 365. The molecular formula is C9H11NO2Si. The van der Waals surface area contributed by atoms with Crippen LogP contribution in [0.2, 0.25) is 19.6 Å². The molecular weight excluding hydrogens is 182 g/mol. The van der Waals surface area contributed by atoms with Crippen LogP contribution in [0.1, 0.15) is 16.4 Å². The van der Waals surface area contributed by atoms with Gasteiger partial charge in [0.15, 0.2) is 6.29 Å². The molecule has 68 valence electrons. The van der Waals surface area contributed by atoms with Gasteiger partial charge in [-0.2, -0.15) is 4.98 Å². The Labute approximate surface area is 78.2 Å². The molecule has 13 heavy (non-hydrogen) atoms. The van der Waals surface area contributed by atoms with E-state index in [0.29, 0.717) is 17.9 Å². The molecule has 0 aliphatic heterocycles. The van der Waals surface area contributed by atoms with Crippen LogP contribution >= 0.6 is 0 Å². The number of rotatable bonds is 1. The summed E-state index contributed by atoms with van der Waals surface area (Å²) in [6.45, 7) is 6.39. The number of carbonyl (C=O) groups is 1. The van der Waals surface area contributed by atoms with E-state index < -0.39 is 8.07 Å². The zero-order valence-corrected chi connectivity index (χ0v) is 8.92. The Morgan fingerprint density at radius 1 is 1.54 bits per heavy atom. The van der Waals surface area contributed by atoms with E-state index in [1.54, 1.807) is 0 Å². The van der Waals surface area contributed by atoms with E-state index in [9.17, 15) is 4.79 Å². The van der Waals surface area contributed by atoms with Crippen LogP contribution in [-0.4, -0.2) is 19.3 Å². The largest absolute Gasteiger partial charge is 0.438 e. The van der Waals surface area contributed by atoms with E-state index >= 15 is 0 Å². The molecule has 0 N–H and O–H groups in total. The molecule has 0 unspecified atom stereocenters. The highest BCUT2D eigenvalue weighted by molar-refractivity contribution is 6.83. The van der Waals surface area contributed by atoms with Crippen LogP contribution in [0.15, 0.2) is 10.7 Å².